The minimum atomic E-state index is -1.01. The highest BCUT2D eigenvalue weighted by molar-refractivity contribution is 6.03. The highest BCUT2D eigenvalue weighted by atomic mass is 16.2. The SMILES string of the molecule is CCC(C(=O)NC(=O)NC(N)=O)c1ccccc1. The Morgan fingerprint density at radius 2 is 1.78 bits per heavy atom. The van der Waals surface area contributed by atoms with Gasteiger partial charge in [-0.1, -0.05) is 37.3 Å². The van der Waals surface area contributed by atoms with Crippen molar-refractivity contribution in [1.29, 1.82) is 0 Å². The predicted octanol–water partition coefficient (Wildman–Crippen LogP) is 1.08. The Kier molecular flexibility index (Phi) is 4.86. The molecule has 0 aromatic heterocycles. The molecule has 0 saturated heterocycles. The minimum Gasteiger partial charge on any atom is -0.351 e. The second-order valence-corrected chi connectivity index (χ2v) is 3.68. The molecule has 0 aliphatic heterocycles. The normalized spacial score (nSPS) is 11.4. The number of hydrogen-bond donors (Lipinski definition) is 3. The van der Waals surface area contributed by atoms with Crippen LogP contribution >= 0.6 is 0 Å². The molecule has 6 heteroatoms. The summed E-state index contributed by atoms with van der Waals surface area (Å²) in [6.45, 7) is 1.84. The number of urea groups is 2. The molecule has 6 nitrogen and oxygen atoms in total. The van der Waals surface area contributed by atoms with Crippen LogP contribution in [0.15, 0.2) is 30.3 Å². The van der Waals surface area contributed by atoms with Crippen LogP contribution in [0, 0.1) is 0 Å². The van der Waals surface area contributed by atoms with E-state index in [4.69, 9.17) is 5.73 Å². The van der Waals surface area contributed by atoms with Gasteiger partial charge in [0, 0.05) is 0 Å². The topological polar surface area (TPSA) is 101 Å². The predicted molar refractivity (Wildman–Crippen MR) is 65.7 cm³/mol. The van der Waals surface area contributed by atoms with Gasteiger partial charge in [0.15, 0.2) is 0 Å². The van der Waals surface area contributed by atoms with Crippen molar-refractivity contribution >= 4 is 18.0 Å². The molecule has 1 rings (SSSR count). The fraction of sp³-hybridized carbons (Fsp3) is 0.250. The van der Waals surface area contributed by atoms with Gasteiger partial charge in [0.2, 0.25) is 5.91 Å². The molecule has 18 heavy (non-hydrogen) atoms. The van der Waals surface area contributed by atoms with Gasteiger partial charge in [0.1, 0.15) is 0 Å². The molecule has 1 aromatic carbocycles. The molecule has 0 heterocycles. The monoisotopic (exact) mass is 249 g/mol. The Hall–Kier alpha value is -2.37. The summed E-state index contributed by atoms with van der Waals surface area (Å²) >= 11 is 0. The van der Waals surface area contributed by atoms with Gasteiger partial charge < -0.3 is 5.73 Å². The van der Waals surface area contributed by atoms with E-state index in [0.717, 1.165) is 5.56 Å². The Morgan fingerprint density at radius 1 is 1.17 bits per heavy atom. The first-order valence-electron chi connectivity index (χ1n) is 5.50. The largest absolute Gasteiger partial charge is 0.351 e. The van der Waals surface area contributed by atoms with Gasteiger partial charge in [-0.15, -0.1) is 0 Å². The quantitative estimate of drug-likeness (QED) is 0.747. The molecule has 0 spiro atoms. The number of carbonyl (C=O) groups excluding carboxylic acids is 3. The van der Waals surface area contributed by atoms with Crippen LogP contribution in [0.4, 0.5) is 9.59 Å². The van der Waals surface area contributed by atoms with E-state index >= 15 is 0 Å². The van der Waals surface area contributed by atoms with E-state index in [9.17, 15) is 14.4 Å². The number of rotatable bonds is 3. The Bertz CT molecular complexity index is 445. The minimum absolute atomic E-state index is 0.440. The molecular weight excluding hydrogens is 234 g/mol. The van der Waals surface area contributed by atoms with Gasteiger partial charge in [-0.3, -0.25) is 15.4 Å². The zero-order valence-corrected chi connectivity index (χ0v) is 9.97. The van der Waals surface area contributed by atoms with Crippen molar-refractivity contribution < 1.29 is 14.4 Å². The van der Waals surface area contributed by atoms with Gasteiger partial charge in [0.05, 0.1) is 5.92 Å². The molecule has 1 aromatic rings. The van der Waals surface area contributed by atoms with Crippen molar-refractivity contribution in [2.45, 2.75) is 19.3 Å². The number of benzene rings is 1. The van der Waals surface area contributed by atoms with Crippen LogP contribution in [-0.2, 0) is 4.79 Å². The van der Waals surface area contributed by atoms with Crippen molar-refractivity contribution in [1.82, 2.24) is 10.6 Å². The Labute approximate surface area is 105 Å². The number of nitrogens with one attached hydrogen (secondary N) is 2. The van der Waals surface area contributed by atoms with Crippen LogP contribution in [0.2, 0.25) is 0 Å². The first-order valence-corrected chi connectivity index (χ1v) is 5.50. The molecule has 96 valence electrons. The molecule has 0 fully saturated rings. The number of carbonyl (C=O) groups is 3. The fourth-order valence-electron chi connectivity index (χ4n) is 1.60. The summed E-state index contributed by atoms with van der Waals surface area (Å²) < 4.78 is 0. The Balaban J connectivity index is 2.69. The smallest absolute Gasteiger partial charge is 0.329 e. The lowest BCUT2D eigenvalue weighted by atomic mass is 9.96. The number of nitrogens with two attached hydrogens (primary N) is 1. The summed E-state index contributed by atoms with van der Waals surface area (Å²) in [6, 6.07) is 7.16. The second-order valence-electron chi connectivity index (χ2n) is 3.68. The van der Waals surface area contributed by atoms with E-state index in [1.54, 1.807) is 17.4 Å². The Morgan fingerprint density at radius 3 is 2.28 bits per heavy atom. The summed E-state index contributed by atoms with van der Waals surface area (Å²) in [6.07, 6.45) is 0.541. The first kappa shape index (κ1) is 13.7. The summed E-state index contributed by atoms with van der Waals surface area (Å²) in [5, 5.41) is 3.84. The van der Waals surface area contributed by atoms with Crippen LogP contribution in [0.5, 0.6) is 0 Å². The van der Waals surface area contributed by atoms with Crippen molar-refractivity contribution in [2.75, 3.05) is 0 Å². The highest BCUT2D eigenvalue weighted by Crippen LogP contribution is 2.18. The molecule has 0 aliphatic rings. The van der Waals surface area contributed by atoms with Crippen molar-refractivity contribution in [2.24, 2.45) is 5.73 Å². The number of imide groups is 2. The number of primary amides is 1. The van der Waals surface area contributed by atoms with Gasteiger partial charge in [-0.2, -0.15) is 0 Å². The zero-order chi connectivity index (χ0) is 13.5. The lowest BCUT2D eigenvalue weighted by Crippen LogP contribution is -2.46. The lowest BCUT2D eigenvalue weighted by molar-refractivity contribution is -0.121. The molecule has 4 N–H and O–H groups in total. The molecule has 0 aliphatic carbocycles. The molecule has 0 radical (unpaired) electrons. The average Bonchev–Trinajstić information content (AvgIpc) is 2.29. The molecular formula is C12H15N3O3. The van der Waals surface area contributed by atoms with Gasteiger partial charge in [-0.25, -0.2) is 9.59 Å². The summed E-state index contributed by atoms with van der Waals surface area (Å²) in [7, 11) is 0. The van der Waals surface area contributed by atoms with E-state index in [1.807, 2.05) is 25.1 Å². The third kappa shape index (κ3) is 3.89. The molecule has 5 amide bonds. The first-order chi connectivity index (χ1) is 8.54. The third-order valence-corrected chi connectivity index (χ3v) is 2.40. The second kappa shape index (κ2) is 6.39. The maximum atomic E-state index is 11.8. The number of amides is 5. The maximum Gasteiger partial charge on any atom is 0.329 e. The van der Waals surface area contributed by atoms with Crippen molar-refractivity contribution in [3.8, 4) is 0 Å². The van der Waals surface area contributed by atoms with Gasteiger partial charge >= 0.3 is 12.1 Å². The van der Waals surface area contributed by atoms with E-state index in [1.165, 1.54) is 0 Å². The van der Waals surface area contributed by atoms with E-state index in [-0.39, 0.29) is 0 Å². The summed E-state index contributed by atoms with van der Waals surface area (Å²) in [4.78, 5) is 33.5. The average molecular weight is 249 g/mol. The van der Waals surface area contributed by atoms with E-state index < -0.39 is 23.9 Å². The lowest BCUT2D eigenvalue weighted by Gasteiger charge is -2.14. The van der Waals surface area contributed by atoms with E-state index in [0.29, 0.717) is 6.42 Å². The fourth-order valence-corrected chi connectivity index (χ4v) is 1.60. The van der Waals surface area contributed by atoms with Crippen LogP contribution in [0.3, 0.4) is 0 Å². The van der Waals surface area contributed by atoms with Crippen LogP contribution in [0.25, 0.3) is 0 Å². The molecule has 0 saturated carbocycles. The van der Waals surface area contributed by atoms with Gasteiger partial charge in [0.25, 0.3) is 0 Å². The van der Waals surface area contributed by atoms with Crippen LogP contribution < -0.4 is 16.4 Å². The third-order valence-electron chi connectivity index (χ3n) is 2.40. The number of hydrogen-bond acceptors (Lipinski definition) is 3. The highest BCUT2D eigenvalue weighted by Gasteiger charge is 2.20. The molecule has 0 bridgehead atoms. The molecule has 1 atom stereocenters. The summed E-state index contributed by atoms with van der Waals surface area (Å²) in [5.74, 6) is -0.910. The molecule has 1 unspecified atom stereocenters. The van der Waals surface area contributed by atoms with Crippen molar-refractivity contribution in [3.63, 3.8) is 0 Å². The van der Waals surface area contributed by atoms with Crippen LogP contribution in [0.1, 0.15) is 24.8 Å². The maximum absolute atomic E-state index is 11.8. The van der Waals surface area contributed by atoms with Crippen molar-refractivity contribution in [3.05, 3.63) is 35.9 Å². The zero-order valence-electron chi connectivity index (χ0n) is 9.97. The van der Waals surface area contributed by atoms with E-state index in [2.05, 4.69) is 5.32 Å². The summed E-state index contributed by atoms with van der Waals surface area (Å²) in [5.41, 5.74) is 5.58. The van der Waals surface area contributed by atoms with Crippen LogP contribution in [-0.4, -0.2) is 18.0 Å². The standard InChI is InChI=1S/C12H15N3O3/c1-2-9(8-6-4-3-5-7-8)10(16)14-12(18)15-11(13)17/h3-7,9H,2H2,1H3,(H4,13,14,15,16,17,18). The van der Waals surface area contributed by atoms with Gasteiger partial charge in [-0.05, 0) is 12.0 Å².